The van der Waals surface area contributed by atoms with Crippen molar-refractivity contribution in [1.82, 2.24) is 0 Å². The number of carbonyl (C=O) groups excluding carboxylic acids is 1. The van der Waals surface area contributed by atoms with Gasteiger partial charge in [0.25, 0.3) is 0 Å². The Balaban J connectivity index is 2.15. The van der Waals surface area contributed by atoms with Gasteiger partial charge in [0.15, 0.2) is 0 Å². The standard InChI is InChI=1S/C15H13NO3/c17-11-13(5-8-15-2-1-9-19-15)10-12-3-6-14(16-18)7-4-12/h1-11,16,18H/b8-5+,13-10-. The molecular formula is C15H13NO3. The SMILES string of the molecule is O=CC(=C\c1ccc(NO)cc1)/C=C/c1ccco1. The summed E-state index contributed by atoms with van der Waals surface area (Å²) in [7, 11) is 0. The molecule has 2 rings (SSSR count). The van der Waals surface area contributed by atoms with Crippen molar-refractivity contribution in [2.75, 3.05) is 5.48 Å². The fourth-order valence-electron chi connectivity index (χ4n) is 1.53. The minimum Gasteiger partial charge on any atom is -0.465 e. The van der Waals surface area contributed by atoms with E-state index < -0.39 is 0 Å². The third kappa shape index (κ3) is 3.69. The molecule has 4 heteroatoms. The highest BCUT2D eigenvalue weighted by Gasteiger charge is 1.94. The maximum atomic E-state index is 11.0. The lowest BCUT2D eigenvalue weighted by atomic mass is 10.1. The van der Waals surface area contributed by atoms with E-state index in [4.69, 9.17) is 9.62 Å². The lowest BCUT2D eigenvalue weighted by Crippen LogP contribution is -1.88. The highest BCUT2D eigenvalue weighted by atomic mass is 16.5. The molecule has 0 saturated carbocycles. The van der Waals surface area contributed by atoms with Gasteiger partial charge in [-0.05, 0) is 48.1 Å². The number of rotatable bonds is 5. The van der Waals surface area contributed by atoms with E-state index in [0.717, 1.165) is 11.8 Å². The zero-order valence-electron chi connectivity index (χ0n) is 10.1. The first kappa shape index (κ1) is 12.9. The number of aldehydes is 1. The van der Waals surface area contributed by atoms with Crippen LogP contribution in [0.15, 0.2) is 58.7 Å². The topological polar surface area (TPSA) is 62.5 Å². The molecule has 0 unspecified atom stereocenters. The van der Waals surface area contributed by atoms with E-state index in [2.05, 4.69) is 0 Å². The summed E-state index contributed by atoms with van der Waals surface area (Å²) < 4.78 is 5.14. The highest BCUT2D eigenvalue weighted by Crippen LogP contribution is 2.13. The van der Waals surface area contributed by atoms with Crippen molar-refractivity contribution in [3.05, 3.63) is 65.6 Å². The lowest BCUT2D eigenvalue weighted by molar-refractivity contribution is -0.104. The van der Waals surface area contributed by atoms with Crippen LogP contribution >= 0.6 is 0 Å². The van der Waals surface area contributed by atoms with Crippen LogP contribution in [0.1, 0.15) is 11.3 Å². The van der Waals surface area contributed by atoms with Crippen molar-refractivity contribution in [1.29, 1.82) is 0 Å². The second-order valence-corrected chi connectivity index (χ2v) is 3.84. The summed E-state index contributed by atoms with van der Waals surface area (Å²) in [5.74, 6) is 0.688. The molecule has 2 N–H and O–H groups in total. The Morgan fingerprint density at radius 3 is 2.58 bits per heavy atom. The zero-order valence-corrected chi connectivity index (χ0v) is 10.1. The van der Waals surface area contributed by atoms with Crippen LogP contribution in [0, 0.1) is 0 Å². The van der Waals surface area contributed by atoms with Gasteiger partial charge in [0.05, 0.1) is 12.0 Å². The van der Waals surface area contributed by atoms with Gasteiger partial charge in [-0.1, -0.05) is 12.1 Å². The molecular weight excluding hydrogens is 242 g/mol. The van der Waals surface area contributed by atoms with Crippen LogP contribution in [0.4, 0.5) is 5.69 Å². The van der Waals surface area contributed by atoms with E-state index in [1.54, 1.807) is 60.9 Å². The Hall–Kier alpha value is -2.59. The zero-order chi connectivity index (χ0) is 13.5. The predicted molar refractivity (Wildman–Crippen MR) is 73.6 cm³/mol. The molecule has 1 aromatic carbocycles. The number of benzene rings is 1. The molecule has 2 aromatic rings. The summed E-state index contributed by atoms with van der Waals surface area (Å²) >= 11 is 0. The van der Waals surface area contributed by atoms with Crippen LogP contribution < -0.4 is 5.48 Å². The smallest absolute Gasteiger partial charge is 0.150 e. The van der Waals surface area contributed by atoms with Gasteiger partial charge >= 0.3 is 0 Å². The molecule has 0 aliphatic rings. The Morgan fingerprint density at radius 2 is 2.00 bits per heavy atom. The van der Waals surface area contributed by atoms with Crippen LogP contribution in [0.25, 0.3) is 12.2 Å². The van der Waals surface area contributed by atoms with Crippen molar-refractivity contribution in [3.8, 4) is 0 Å². The second kappa shape index (κ2) is 6.37. The molecule has 0 radical (unpaired) electrons. The average Bonchev–Trinajstić information content (AvgIpc) is 2.97. The third-order valence-electron chi connectivity index (χ3n) is 2.49. The monoisotopic (exact) mass is 255 g/mol. The van der Waals surface area contributed by atoms with Crippen molar-refractivity contribution in [2.24, 2.45) is 0 Å². The molecule has 0 saturated heterocycles. The van der Waals surface area contributed by atoms with E-state index in [0.29, 0.717) is 17.0 Å². The molecule has 96 valence electrons. The number of hydrogen-bond donors (Lipinski definition) is 2. The number of nitrogens with one attached hydrogen (secondary N) is 1. The molecule has 0 aliphatic carbocycles. The molecule has 0 fully saturated rings. The van der Waals surface area contributed by atoms with Crippen LogP contribution in [0.5, 0.6) is 0 Å². The van der Waals surface area contributed by atoms with Crippen molar-refractivity contribution < 1.29 is 14.4 Å². The summed E-state index contributed by atoms with van der Waals surface area (Å²) in [6.45, 7) is 0. The van der Waals surface area contributed by atoms with E-state index in [1.165, 1.54) is 0 Å². The van der Waals surface area contributed by atoms with Crippen molar-refractivity contribution in [3.63, 3.8) is 0 Å². The third-order valence-corrected chi connectivity index (χ3v) is 2.49. The Labute approximate surface area is 110 Å². The van der Waals surface area contributed by atoms with Gasteiger partial charge in [0.2, 0.25) is 0 Å². The molecule has 0 spiro atoms. The van der Waals surface area contributed by atoms with Gasteiger partial charge in [0.1, 0.15) is 12.0 Å². The largest absolute Gasteiger partial charge is 0.465 e. The molecule has 0 bridgehead atoms. The summed E-state index contributed by atoms with van der Waals surface area (Å²) in [4.78, 5) is 11.0. The van der Waals surface area contributed by atoms with Gasteiger partial charge in [-0.2, -0.15) is 0 Å². The Morgan fingerprint density at radius 1 is 1.21 bits per heavy atom. The summed E-state index contributed by atoms with van der Waals surface area (Å²) in [5.41, 5.74) is 4.04. The molecule has 0 amide bonds. The number of anilines is 1. The van der Waals surface area contributed by atoms with Crippen LogP contribution in [0.2, 0.25) is 0 Å². The van der Waals surface area contributed by atoms with E-state index >= 15 is 0 Å². The first-order chi connectivity index (χ1) is 9.31. The normalized spacial score (nSPS) is 11.7. The summed E-state index contributed by atoms with van der Waals surface area (Å²) in [6.07, 6.45) is 7.50. The van der Waals surface area contributed by atoms with Crippen LogP contribution in [0.3, 0.4) is 0 Å². The minimum atomic E-state index is 0.529. The second-order valence-electron chi connectivity index (χ2n) is 3.84. The van der Waals surface area contributed by atoms with Crippen molar-refractivity contribution >= 4 is 24.1 Å². The van der Waals surface area contributed by atoms with Gasteiger partial charge < -0.3 is 4.42 Å². The van der Waals surface area contributed by atoms with Crippen LogP contribution in [-0.4, -0.2) is 11.5 Å². The molecule has 19 heavy (non-hydrogen) atoms. The van der Waals surface area contributed by atoms with E-state index in [-0.39, 0.29) is 0 Å². The molecule has 1 aromatic heterocycles. The number of hydrogen-bond acceptors (Lipinski definition) is 4. The molecule has 1 heterocycles. The number of furan rings is 1. The van der Waals surface area contributed by atoms with Crippen molar-refractivity contribution in [2.45, 2.75) is 0 Å². The van der Waals surface area contributed by atoms with E-state index in [9.17, 15) is 4.79 Å². The van der Waals surface area contributed by atoms with Crippen LogP contribution in [-0.2, 0) is 4.79 Å². The Kier molecular flexibility index (Phi) is 4.31. The van der Waals surface area contributed by atoms with Gasteiger partial charge in [0, 0.05) is 5.57 Å². The number of carbonyl (C=O) groups is 1. The predicted octanol–water partition coefficient (Wildman–Crippen LogP) is 3.38. The summed E-state index contributed by atoms with van der Waals surface area (Å²) in [5, 5.41) is 8.70. The lowest BCUT2D eigenvalue weighted by Gasteiger charge is -1.99. The quantitative estimate of drug-likeness (QED) is 0.372. The highest BCUT2D eigenvalue weighted by molar-refractivity contribution is 5.87. The minimum absolute atomic E-state index is 0.529. The first-order valence-corrected chi connectivity index (χ1v) is 5.70. The fraction of sp³-hybridized carbons (Fsp3) is 0. The average molecular weight is 255 g/mol. The maximum absolute atomic E-state index is 11.0. The molecule has 4 nitrogen and oxygen atoms in total. The number of allylic oxidation sites excluding steroid dienone is 2. The maximum Gasteiger partial charge on any atom is 0.150 e. The van der Waals surface area contributed by atoms with Gasteiger partial charge in [-0.3, -0.25) is 15.5 Å². The summed E-state index contributed by atoms with van der Waals surface area (Å²) in [6, 6.07) is 10.6. The van der Waals surface area contributed by atoms with Gasteiger partial charge in [-0.25, -0.2) is 0 Å². The molecule has 0 aliphatic heterocycles. The van der Waals surface area contributed by atoms with E-state index in [1.807, 2.05) is 5.48 Å². The Bertz CT molecular complexity index is 580. The fourth-order valence-corrected chi connectivity index (χ4v) is 1.53. The van der Waals surface area contributed by atoms with Gasteiger partial charge in [-0.15, -0.1) is 0 Å². The first-order valence-electron chi connectivity index (χ1n) is 5.70. The molecule has 0 atom stereocenters.